The number of hydrogen-bond donors (Lipinski definition) is 3. The van der Waals surface area contributed by atoms with E-state index in [0.717, 1.165) is 11.8 Å². The van der Waals surface area contributed by atoms with Crippen LogP contribution >= 0.6 is 0 Å². The number of aliphatic hydroxyl groups is 1. The fraction of sp³-hybridized carbons (Fsp3) is 0.857. The maximum Gasteiger partial charge on any atom is 0.326 e. The van der Waals surface area contributed by atoms with Gasteiger partial charge in [0.05, 0.1) is 6.10 Å². The zero-order chi connectivity index (χ0) is 14.0. The van der Waals surface area contributed by atoms with Gasteiger partial charge in [-0.25, -0.2) is 9.59 Å². The van der Waals surface area contributed by atoms with Gasteiger partial charge in [-0.05, 0) is 42.9 Å². The number of carboxylic acid groups (broad SMARTS) is 1. The predicted molar refractivity (Wildman–Crippen MR) is 68.9 cm³/mol. The van der Waals surface area contributed by atoms with Crippen LogP contribution in [0.15, 0.2) is 0 Å². The van der Waals surface area contributed by atoms with Gasteiger partial charge in [0.15, 0.2) is 0 Å². The second-order valence-electron chi connectivity index (χ2n) is 6.86. The summed E-state index contributed by atoms with van der Waals surface area (Å²) in [7, 11) is 0. The van der Waals surface area contributed by atoms with Crippen LogP contribution in [0, 0.1) is 23.7 Å². The first-order valence-corrected chi connectivity index (χ1v) is 7.54. The van der Waals surface area contributed by atoms with Crippen LogP contribution in [0.4, 0.5) is 4.79 Å². The van der Waals surface area contributed by atoms with Gasteiger partial charge in [0, 0.05) is 19.0 Å². The predicted octanol–water partition coefficient (Wildman–Crippen LogP) is 0.260. The van der Waals surface area contributed by atoms with Gasteiger partial charge in [-0.1, -0.05) is 0 Å². The normalized spacial score (nSPS) is 48.2. The lowest BCUT2D eigenvalue weighted by molar-refractivity contribution is -0.141. The Morgan fingerprint density at radius 1 is 1.10 bits per heavy atom. The molecule has 4 rings (SSSR count). The maximum absolute atomic E-state index is 12.3. The van der Waals surface area contributed by atoms with E-state index < -0.39 is 18.1 Å². The minimum absolute atomic E-state index is 0.123. The van der Waals surface area contributed by atoms with Crippen LogP contribution in [0.3, 0.4) is 0 Å². The number of hydrogen-bond acceptors (Lipinski definition) is 3. The molecular formula is C14H20N2O4. The Balaban J connectivity index is 1.40. The number of nitrogens with zero attached hydrogens (tertiary/aromatic N) is 1. The molecule has 4 unspecified atom stereocenters. The quantitative estimate of drug-likeness (QED) is 0.677. The van der Waals surface area contributed by atoms with Crippen molar-refractivity contribution in [1.29, 1.82) is 0 Å². The van der Waals surface area contributed by atoms with Crippen LogP contribution < -0.4 is 5.32 Å². The summed E-state index contributed by atoms with van der Waals surface area (Å²) in [6, 6.07) is -0.950. The lowest BCUT2D eigenvalue weighted by Gasteiger charge is -2.22. The molecule has 0 spiro atoms. The Kier molecular flexibility index (Phi) is 2.55. The fourth-order valence-corrected chi connectivity index (χ4v) is 5.02. The van der Waals surface area contributed by atoms with Gasteiger partial charge in [-0.2, -0.15) is 0 Å². The molecule has 1 heterocycles. The molecule has 3 saturated carbocycles. The van der Waals surface area contributed by atoms with E-state index in [1.165, 1.54) is 24.2 Å². The molecule has 3 aliphatic carbocycles. The molecular weight excluding hydrogens is 260 g/mol. The lowest BCUT2D eigenvalue weighted by Crippen LogP contribution is -2.47. The van der Waals surface area contributed by atoms with Gasteiger partial charge < -0.3 is 20.4 Å². The Morgan fingerprint density at radius 3 is 2.35 bits per heavy atom. The number of nitrogens with one attached hydrogen (secondary N) is 1. The highest BCUT2D eigenvalue weighted by Crippen LogP contribution is 2.65. The summed E-state index contributed by atoms with van der Waals surface area (Å²) in [4.78, 5) is 24.7. The molecule has 0 radical (unpaired) electrons. The zero-order valence-corrected chi connectivity index (χ0v) is 11.2. The number of likely N-dealkylation sites (tertiary alicyclic amines) is 1. The summed E-state index contributed by atoms with van der Waals surface area (Å²) < 4.78 is 0. The molecule has 2 bridgehead atoms. The molecule has 110 valence electrons. The molecule has 3 N–H and O–H groups in total. The third kappa shape index (κ3) is 1.67. The van der Waals surface area contributed by atoms with Crippen molar-refractivity contribution in [2.75, 3.05) is 6.54 Å². The number of carbonyl (C=O) groups is 2. The van der Waals surface area contributed by atoms with Gasteiger partial charge in [0.2, 0.25) is 0 Å². The van der Waals surface area contributed by atoms with Crippen molar-refractivity contribution in [1.82, 2.24) is 10.2 Å². The molecule has 6 heteroatoms. The number of β-amino-alcohol motifs (C(OH)–C–C–N with tert-alkyl or cyclic N) is 1. The van der Waals surface area contributed by atoms with Crippen molar-refractivity contribution >= 4 is 12.0 Å². The first-order valence-electron chi connectivity index (χ1n) is 7.54. The van der Waals surface area contributed by atoms with Crippen LogP contribution in [0.5, 0.6) is 0 Å². The average Bonchev–Trinajstić information content (AvgIpc) is 2.81. The molecule has 6 nitrogen and oxygen atoms in total. The standard InChI is InChI=1S/C14H20N2O4/c17-8-4-9(13(18)19)16(5-8)14(20)15-12-10-6-1-2-7(3-6)11(10)12/h6-12,17H,1-5H2,(H,15,20)(H,18,19)/t6?,7?,8-,9+,10?,11?,12?/m1/s1. The highest BCUT2D eigenvalue weighted by atomic mass is 16.4. The van der Waals surface area contributed by atoms with E-state index >= 15 is 0 Å². The van der Waals surface area contributed by atoms with E-state index in [1.54, 1.807) is 0 Å². The first-order chi connectivity index (χ1) is 9.56. The SMILES string of the molecule is O=C(O)[C@@H]1C[C@@H](O)CN1C(=O)NC1C2C3CCC(C3)C12. The van der Waals surface area contributed by atoms with Gasteiger partial charge >= 0.3 is 12.0 Å². The van der Waals surface area contributed by atoms with Gasteiger partial charge in [-0.3, -0.25) is 0 Å². The zero-order valence-electron chi connectivity index (χ0n) is 11.2. The van der Waals surface area contributed by atoms with Crippen molar-refractivity contribution in [3.8, 4) is 0 Å². The topological polar surface area (TPSA) is 89.9 Å². The molecule has 6 atom stereocenters. The molecule has 2 amide bonds. The van der Waals surface area contributed by atoms with E-state index in [4.69, 9.17) is 5.11 Å². The molecule has 4 fully saturated rings. The molecule has 0 aromatic heterocycles. The average molecular weight is 280 g/mol. The number of fused-ring (bicyclic) bond motifs is 5. The monoisotopic (exact) mass is 280 g/mol. The highest BCUT2D eigenvalue weighted by molar-refractivity contribution is 5.83. The summed E-state index contributed by atoms with van der Waals surface area (Å²) in [6.07, 6.45) is 3.31. The number of carboxylic acids is 1. The molecule has 20 heavy (non-hydrogen) atoms. The van der Waals surface area contributed by atoms with Crippen molar-refractivity contribution < 1.29 is 19.8 Å². The van der Waals surface area contributed by atoms with E-state index in [1.807, 2.05) is 0 Å². The molecule has 0 aromatic carbocycles. The first kappa shape index (κ1) is 12.4. The second-order valence-corrected chi connectivity index (χ2v) is 6.86. The second kappa shape index (κ2) is 4.10. The smallest absolute Gasteiger partial charge is 0.326 e. The lowest BCUT2D eigenvalue weighted by atomic mass is 10.0. The van der Waals surface area contributed by atoms with Crippen molar-refractivity contribution in [3.05, 3.63) is 0 Å². The van der Waals surface area contributed by atoms with Crippen molar-refractivity contribution in [3.63, 3.8) is 0 Å². The maximum atomic E-state index is 12.3. The van der Waals surface area contributed by atoms with Gasteiger partial charge in [0.1, 0.15) is 6.04 Å². The number of carbonyl (C=O) groups excluding carboxylic acids is 1. The van der Waals surface area contributed by atoms with Crippen LogP contribution in [0.1, 0.15) is 25.7 Å². The van der Waals surface area contributed by atoms with Crippen LogP contribution in [-0.4, -0.2) is 51.8 Å². The Bertz CT molecular complexity index is 452. The fourth-order valence-electron chi connectivity index (χ4n) is 5.02. The summed E-state index contributed by atoms with van der Waals surface area (Å²) in [5.41, 5.74) is 0. The van der Waals surface area contributed by atoms with E-state index in [2.05, 4.69) is 5.32 Å². The van der Waals surface area contributed by atoms with Crippen molar-refractivity contribution in [2.45, 2.75) is 43.9 Å². The summed E-state index contributed by atoms with van der Waals surface area (Å²) in [5, 5.41) is 21.7. The van der Waals surface area contributed by atoms with Crippen LogP contribution in [0.2, 0.25) is 0 Å². The summed E-state index contributed by atoms with van der Waals surface area (Å²) in [6.45, 7) is 0.123. The molecule has 4 aliphatic rings. The minimum atomic E-state index is -1.03. The number of urea groups is 1. The molecule has 1 saturated heterocycles. The molecule has 1 aliphatic heterocycles. The summed E-state index contributed by atoms with van der Waals surface area (Å²) >= 11 is 0. The largest absolute Gasteiger partial charge is 0.480 e. The third-order valence-electron chi connectivity index (χ3n) is 5.85. The van der Waals surface area contributed by atoms with Crippen LogP contribution in [0.25, 0.3) is 0 Å². The summed E-state index contributed by atoms with van der Waals surface area (Å²) in [5.74, 6) is 1.78. The number of amides is 2. The van der Waals surface area contributed by atoms with Gasteiger partial charge in [0.25, 0.3) is 0 Å². The Labute approximate surface area is 117 Å². The van der Waals surface area contributed by atoms with Crippen LogP contribution in [-0.2, 0) is 4.79 Å². The van der Waals surface area contributed by atoms with Gasteiger partial charge in [-0.15, -0.1) is 0 Å². The van der Waals surface area contributed by atoms with E-state index in [9.17, 15) is 14.7 Å². The molecule has 0 aromatic rings. The number of aliphatic carboxylic acids is 1. The third-order valence-corrected chi connectivity index (χ3v) is 5.85. The number of aliphatic hydroxyl groups excluding tert-OH is 1. The number of rotatable bonds is 2. The van der Waals surface area contributed by atoms with Crippen molar-refractivity contribution in [2.24, 2.45) is 23.7 Å². The minimum Gasteiger partial charge on any atom is -0.480 e. The van der Waals surface area contributed by atoms with E-state index in [-0.39, 0.29) is 25.0 Å². The Hall–Kier alpha value is -1.30. The van der Waals surface area contributed by atoms with E-state index in [0.29, 0.717) is 11.8 Å². The Morgan fingerprint density at radius 2 is 1.75 bits per heavy atom. The highest BCUT2D eigenvalue weighted by Gasteiger charge is 2.65.